The zero-order valence-electron chi connectivity index (χ0n) is 10.6. The predicted molar refractivity (Wildman–Crippen MR) is 71.1 cm³/mol. The molecular weight excluding hydrogens is 238 g/mol. The summed E-state index contributed by atoms with van der Waals surface area (Å²) in [5.74, 6) is -0.306. The Labute approximate surface area is 108 Å². The average Bonchev–Trinajstić information content (AvgIpc) is 2.33. The normalized spacial score (nSPS) is 11.1. The number of esters is 1. The monoisotopic (exact) mass is 257 g/mol. The van der Waals surface area contributed by atoms with Gasteiger partial charge in [-0.1, -0.05) is 36.2 Å². The second-order valence-corrected chi connectivity index (χ2v) is 4.00. The first kappa shape index (κ1) is 15.9. The number of hydrogen-bond donors (Lipinski definition) is 1. The van der Waals surface area contributed by atoms with Crippen LogP contribution in [0.25, 0.3) is 0 Å². The lowest BCUT2D eigenvalue weighted by Gasteiger charge is -2.05. The highest BCUT2D eigenvalue weighted by Crippen LogP contribution is 2.07. The molecule has 4 heteroatoms. The zero-order chi connectivity index (χ0) is 13.3. The van der Waals surface area contributed by atoms with Gasteiger partial charge in [-0.05, 0) is 32.4 Å². The Hall–Kier alpha value is -1.06. The summed E-state index contributed by atoms with van der Waals surface area (Å²) >= 11 is 5.61. The van der Waals surface area contributed by atoms with Crippen LogP contribution in [-0.4, -0.2) is 18.6 Å². The first-order valence-electron chi connectivity index (χ1n) is 5.65. The van der Waals surface area contributed by atoms with Gasteiger partial charge in [0.2, 0.25) is 0 Å². The van der Waals surface area contributed by atoms with Crippen LogP contribution in [0.5, 0.6) is 0 Å². The van der Waals surface area contributed by atoms with Crippen LogP contribution in [0.15, 0.2) is 24.3 Å². The highest BCUT2D eigenvalue weighted by Gasteiger charge is 2.10. The summed E-state index contributed by atoms with van der Waals surface area (Å²) in [6.07, 6.45) is 0.638. The van der Waals surface area contributed by atoms with Crippen LogP contribution < -0.4 is 5.73 Å². The van der Waals surface area contributed by atoms with E-state index in [1.54, 1.807) is 6.92 Å². The average molecular weight is 258 g/mol. The van der Waals surface area contributed by atoms with Crippen molar-refractivity contribution in [2.45, 2.75) is 33.2 Å². The van der Waals surface area contributed by atoms with Gasteiger partial charge in [0.05, 0.1) is 6.61 Å². The summed E-state index contributed by atoms with van der Waals surface area (Å²) in [5, 5.41) is 0.801. The molecule has 0 aliphatic rings. The van der Waals surface area contributed by atoms with Gasteiger partial charge in [-0.2, -0.15) is 0 Å². The summed E-state index contributed by atoms with van der Waals surface area (Å²) in [5.41, 5.74) is 6.57. The van der Waals surface area contributed by atoms with E-state index in [0.717, 1.165) is 5.02 Å². The van der Waals surface area contributed by atoms with Gasteiger partial charge in [0.1, 0.15) is 6.04 Å². The third kappa shape index (κ3) is 7.77. The predicted octanol–water partition coefficient (Wildman–Crippen LogP) is 2.94. The molecule has 0 aromatic heterocycles. The van der Waals surface area contributed by atoms with Gasteiger partial charge in [-0.25, -0.2) is 0 Å². The molecule has 0 saturated heterocycles. The van der Waals surface area contributed by atoms with Crippen molar-refractivity contribution in [1.82, 2.24) is 0 Å². The molecule has 1 aromatic rings. The minimum absolute atomic E-state index is 0.306. The van der Waals surface area contributed by atoms with Crippen molar-refractivity contribution in [3.63, 3.8) is 0 Å². The van der Waals surface area contributed by atoms with Crippen LogP contribution in [0.2, 0.25) is 5.02 Å². The summed E-state index contributed by atoms with van der Waals surface area (Å²) in [4.78, 5) is 10.6. The molecule has 0 saturated carbocycles. The van der Waals surface area contributed by atoms with Gasteiger partial charge in [0.15, 0.2) is 0 Å². The Kier molecular flexibility index (Phi) is 8.46. The molecular formula is C13H20ClNO2. The van der Waals surface area contributed by atoms with E-state index in [9.17, 15) is 4.79 Å². The van der Waals surface area contributed by atoms with Crippen LogP contribution in [0, 0.1) is 6.92 Å². The lowest BCUT2D eigenvalue weighted by Crippen LogP contribution is -2.31. The zero-order valence-corrected chi connectivity index (χ0v) is 11.3. The first-order valence-corrected chi connectivity index (χ1v) is 6.03. The van der Waals surface area contributed by atoms with E-state index >= 15 is 0 Å². The molecule has 0 fully saturated rings. The van der Waals surface area contributed by atoms with E-state index in [1.165, 1.54) is 5.56 Å². The van der Waals surface area contributed by atoms with Crippen molar-refractivity contribution in [1.29, 1.82) is 0 Å². The molecule has 1 aromatic carbocycles. The third-order valence-electron chi connectivity index (χ3n) is 2.04. The Bertz CT molecular complexity index is 304. The van der Waals surface area contributed by atoms with E-state index in [4.69, 9.17) is 17.3 Å². The van der Waals surface area contributed by atoms with Crippen LogP contribution in [0.4, 0.5) is 0 Å². The molecule has 0 aliphatic carbocycles. The van der Waals surface area contributed by atoms with E-state index in [-0.39, 0.29) is 5.97 Å². The van der Waals surface area contributed by atoms with E-state index < -0.39 is 6.04 Å². The summed E-state index contributed by atoms with van der Waals surface area (Å²) in [6.45, 7) is 6.06. The smallest absolute Gasteiger partial charge is 0.322 e. The molecule has 3 nitrogen and oxygen atoms in total. The number of carbonyl (C=O) groups is 1. The molecule has 0 radical (unpaired) electrons. The van der Waals surface area contributed by atoms with Crippen molar-refractivity contribution >= 4 is 17.6 Å². The Balaban J connectivity index is 0.000000302. The summed E-state index contributed by atoms with van der Waals surface area (Å²) in [7, 11) is 0. The lowest BCUT2D eigenvalue weighted by molar-refractivity contribution is -0.144. The van der Waals surface area contributed by atoms with Gasteiger partial charge in [-0.3, -0.25) is 4.79 Å². The number of carbonyl (C=O) groups excluding carboxylic acids is 1. The standard InChI is InChI=1S/C7H7Cl.C6H13NO2/c1-6-2-4-7(8)5-3-6;1-3-5(7)6(8)9-4-2/h2-5H,1H3;5H,3-4,7H2,1-2H3. The minimum Gasteiger partial charge on any atom is -0.465 e. The molecule has 1 unspecified atom stereocenters. The number of aryl methyl sites for hydroxylation is 1. The maximum absolute atomic E-state index is 10.6. The van der Waals surface area contributed by atoms with Gasteiger partial charge in [-0.15, -0.1) is 0 Å². The van der Waals surface area contributed by atoms with Crippen molar-refractivity contribution in [3.05, 3.63) is 34.9 Å². The molecule has 0 aliphatic heterocycles. The van der Waals surface area contributed by atoms with Crippen LogP contribution >= 0.6 is 11.6 Å². The maximum Gasteiger partial charge on any atom is 0.322 e. The molecule has 1 atom stereocenters. The largest absolute Gasteiger partial charge is 0.465 e. The quantitative estimate of drug-likeness (QED) is 0.847. The number of hydrogen-bond acceptors (Lipinski definition) is 3. The molecule has 0 heterocycles. The Morgan fingerprint density at radius 2 is 1.88 bits per heavy atom. The highest BCUT2D eigenvalue weighted by molar-refractivity contribution is 6.30. The SMILES string of the molecule is CCOC(=O)C(N)CC.Cc1ccc(Cl)cc1. The molecule has 2 N–H and O–H groups in total. The minimum atomic E-state index is -0.440. The topological polar surface area (TPSA) is 52.3 Å². The fraction of sp³-hybridized carbons (Fsp3) is 0.462. The van der Waals surface area contributed by atoms with Crippen molar-refractivity contribution in [2.24, 2.45) is 5.73 Å². The fourth-order valence-corrected chi connectivity index (χ4v) is 1.08. The molecule has 17 heavy (non-hydrogen) atoms. The first-order chi connectivity index (χ1) is 8.01. The van der Waals surface area contributed by atoms with Gasteiger partial charge >= 0.3 is 5.97 Å². The molecule has 96 valence electrons. The maximum atomic E-state index is 10.6. The Morgan fingerprint density at radius 3 is 2.24 bits per heavy atom. The van der Waals surface area contributed by atoms with Crippen molar-refractivity contribution in [3.8, 4) is 0 Å². The lowest BCUT2D eigenvalue weighted by atomic mass is 10.2. The third-order valence-corrected chi connectivity index (χ3v) is 2.29. The van der Waals surface area contributed by atoms with E-state index in [0.29, 0.717) is 13.0 Å². The second kappa shape index (κ2) is 9.02. The second-order valence-electron chi connectivity index (χ2n) is 3.56. The van der Waals surface area contributed by atoms with Gasteiger partial charge in [0, 0.05) is 5.02 Å². The number of nitrogens with two attached hydrogens (primary N) is 1. The molecule has 0 spiro atoms. The molecule has 0 bridgehead atoms. The van der Waals surface area contributed by atoms with Crippen LogP contribution in [0.3, 0.4) is 0 Å². The Morgan fingerprint density at radius 1 is 1.35 bits per heavy atom. The van der Waals surface area contributed by atoms with E-state index in [1.807, 2.05) is 38.1 Å². The highest BCUT2D eigenvalue weighted by atomic mass is 35.5. The molecule has 0 amide bonds. The van der Waals surface area contributed by atoms with Crippen molar-refractivity contribution < 1.29 is 9.53 Å². The number of halogens is 1. The number of rotatable bonds is 3. The number of benzene rings is 1. The summed E-state index contributed by atoms with van der Waals surface area (Å²) in [6, 6.07) is 7.31. The fourth-order valence-electron chi connectivity index (χ4n) is 0.949. The summed E-state index contributed by atoms with van der Waals surface area (Å²) < 4.78 is 4.63. The van der Waals surface area contributed by atoms with Gasteiger partial charge in [0.25, 0.3) is 0 Å². The van der Waals surface area contributed by atoms with Gasteiger partial charge < -0.3 is 10.5 Å². The van der Waals surface area contributed by atoms with E-state index in [2.05, 4.69) is 4.74 Å². The van der Waals surface area contributed by atoms with Crippen molar-refractivity contribution in [2.75, 3.05) is 6.61 Å². The van der Waals surface area contributed by atoms with Crippen LogP contribution in [0.1, 0.15) is 25.8 Å². The number of ether oxygens (including phenoxy) is 1. The van der Waals surface area contributed by atoms with Crippen LogP contribution in [-0.2, 0) is 9.53 Å². The molecule has 1 rings (SSSR count).